The molecule has 66 valence electrons. The van der Waals surface area contributed by atoms with Crippen LogP contribution in [0.3, 0.4) is 0 Å². The van der Waals surface area contributed by atoms with Crippen molar-refractivity contribution in [2.45, 2.75) is 26.7 Å². The maximum Gasteiger partial charge on any atom is 0.272 e. The molecule has 3 heteroatoms. The van der Waals surface area contributed by atoms with E-state index in [2.05, 4.69) is 4.98 Å². The third-order valence-corrected chi connectivity index (χ3v) is 1.70. The predicted octanol–water partition coefficient (Wildman–Crippen LogP) is 2.81. The minimum Gasteiger partial charge on any atom is -0.261 e. The van der Waals surface area contributed by atoms with Crippen LogP contribution in [0, 0.1) is 13.8 Å². The van der Waals surface area contributed by atoms with Crippen LogP contribution in [-0.4, -0.2) is 4.98 Å². The Bertz CT molecular complexity index is 289. The second-order valence-electron chi connectivity index (χ2n) is 3.03. The average Bonchev–Trinajstić information content (AvgIpc) is 1.92. The molecular weight excluding hydrogens is 160 g/mol. The molecule has 0 saturated carbocycles. The molecule has 1 aromatic heterocycles. The number of hydrogen-bond acceptors (Lipinski definition) is 1. The number of halogens is 2. The second kappa shape index (κ2) is 2.81. The smallest absolute Gasteiger partial charge is 0.261 e. The maximum absolute atomic E-state index is 12.9. The lowest BCUT2D eigenvalue weighted by Gasteiger charge is -2.13. The van der Waals surface area contributed by atoms with E-state index in [0.29, 0.717) is 5.69 Å². The highest BCUT2D eigenvalue weighted by molar-refractivity contribution is 5.27. The van der Waals surface area contributed by atoms with Gasteiger partial charge in [-0.3, -0.25) is 4.98 Å². The van der Waals surface area contributed by atoms with Gasteiger partial charge in [0.2, 0.25) is 0 Å². The molecule has 1 aromatic rings. The van der Waals surface area contributed by atoms with Crippen molar-refractivity contribution in [3.8, 4) is 0 Å². The molecule has 0 amide bonds. The zero-order chi connectivity index (χ0) is 9.35. The molecule has 0 atom stereocenters. The molecular formula is C9H11F2N. The summed E-state index contributed by atoms with van der Waals surface area (Å²) in [6.07, 6.45) is 1.59. The fraction of sp³-hybridized carbons (Fsp3) is 0.444. The van der Waals surface area contributed by atoms with E-state index in [0.717, 1.165) is 12.5 Å². The molecule has 0 aromatic carbocycles. The number of hydrogen-bond donors (Lipinski definition) is 0. The van der Waals surface area contributed by atoms with E-state index < -0.39 is 5.92 Å². The summed E-state index contributed by atoms with van der Waals surface area (Å²) in [5.41, 5.74) is 1.17. The quantitative estimate of drug-likeness (QED) is 0.633. The molecule has 1 rings (SSSR count). The van der Waals surface area contributed by atoms with Crippen LogP contribution in [0.2, 0.25) is 0 Å². The van der Waals surface area contributed by atoms with Gasteiger partial charge in [0.15, 0.2) is 0 Å². The van der Waals surface area contributed by atoms with Gasteiger partial charge in [0.25, 0.3) is 5.92 Å². The summed E-state index contributed by atoms with van der Waals surface area (Å²) in [4.78, 5) is 3.87. The third kappa shape index (κ3) is 1.78. The molecule has 0 radical (unpaired) electrons. The topological polar surface area (TPSA) is 12.9 Å². The van der Waals surface area contributed by atoms with E-state index in [4.69, 9.17) is 0 Å². The van der Waals surface area contributed by atoms with Crippen LogP contribution in [0.15, 0.2) is 12.3 Å². The molecule has 1 heterocycles. The fourth-order valence-electron chi connectivity index (χ4n) is 1.08. The normalized spacial score (nSPS) is 11.8. The summed E-state index contributed by atoms with van der Waals surface area (Å²) in [6, 6.07) is 1.47. The highest BCUT2D eigenvalue weighted by Gasteiger charge is 2.26. The van der Waals surface area contributed by atoms with Crippen molar-refractivity contribution < 1.29 is 8.78 Å². The molecule has 0 saturated heterocycles. The predicted molar refractivity (Wildman–Crippen MR) is 43.3 cm³/mol. The van der Waals surface area contributed by atoms with Crippen LogP contribution >= 0.6 is 0 Å². The molecule has 0 unspecified atom stereocenters. The minimum absolute atomic E-state index is 0.0162. The molecule has 0 fully saturated rings. The Labute approximate surface area is 70.4 Å². The van der Waals surface area contributed by atoms with E-state index in [1.807, 2.05) is 0 Å². The zero-order valence-electron chi connectivity index (χ0n) is 7.36. The Balaban J connectivity index is 3.23. The van der Waals surface area contributed by atoms with Gasteiger partial charge in [-0.15, -0.1) is 0 Å². The molecule has 0 N–H and O–H groups in total. The van der Waals surface area contributed by atoms with Gasteiger partial charge in [0, 0.05) is 24.4 Å². The van der Waals surface area contributed by atoms with Crippen molar-refractivity contribution in [3.05, 3.63) is 29.1 Å². The highest BCUT2D eigenvalue weighted by atomic mass is 19.3. The summed E-state index contributed by atoms with van der Waals surface area (Å²) in [5, 5.41) is 0. The summed E-state index contributed by atoms with van der Waals surface area (Å²) < 4.78 is 25.7. The first-order valence-electron chi connectivity index (χ1n) is 3.73. The molecule has 0 aliphatic carbocycles. The Kier molecular flexibility index (Phi) is 2.13. The van der Waals surface area contributed by atoms with Gasteiger partial charge in [-0.2, -0.15) is 0 Å². The summed E-state index contributed by atoms with van der Waals surface area (Å²) in [7, 11) is 0. The lowest BCUT2D eigenvalue weighted by atomic mass is 10.1. The summed E-state index contributed by atoms with van der Waals surface area (Å²) >= 11 is 0. The molecule has 1 nitrogen and oxygen atoms in total. The fourth-order valence-corrected chi connectivity index (χ4v) is 1.08. The van der Waals surface area contributed by atoms with E-state index >= 15 is 0 Å². The van der Waals surface area contributed by atoms with Crippen LogP contribution in [0.4, 0.5) is 8.78 Å². The maximum atomic E-state index is 12.9. The van der Waals surface area contributed by atoms with Crippen molar-refractivity contribution in [2.75, 3.05) is 0 Å². The monoisotopic (exact) mass is 171 g/mol. The summed E-state index contributed by atoms with van der Waals surface area (Å²) in [5.74, 6) is -2.79. The highest BCUT2D eigenvalue weighted by Crippen LogP contribution is 2.28. The lowest BCUT2D eigenvalue weighted by Crippen LogP contribution is -2.10. The van der Waals surface area contributed by atoms with Gasteiger partial charge in [0.05, 0.1) is 0 Å². The van der Waals surface area contributed by atoms with Crippen LogP contribution < -0.4 is 0 Å². The number of alkyl halides is 2. The Morgan fingerprint density at radius 3 is 2.33 bits per heavy atom. The van der Waals surface area contributed by atoms with Gasteiger partial charge in [-0.25, -0.2) is 8.78 Å². The average molecular weight is 171 g/mol. The number of aryl methyl sites for hydroxylation is 2. The molecule has 0 spiro atoms. The second-order valence-corrected chi connectivity index (χ2v) is 3.03. The number of pyridine rings is 1. The molecule has 0 aliphatic heterocycles. The first kappa shape index (κ1) is 9.10. The van der Waals surface area contributed by atoms with E-state index in [1.165, 1.54) is 6.07 Å². The molecule has 0 bridgehead atoms. The number of aromatic nitrogens is 1. The number of rotatable bonds is 1. The largest absolute Gasteiger partial charge is 0.272 e. The van der Waals surface area contributed by atoms with Gasteiger partial charge < -0.3 is 0 Å². The van der Waals surface area contributed by atoms with Crippen molar-refractivity contribution in [1.82, 2.24) is 4.98 Å². The Morgan fingerprint density at radius 2 is 1.92 bits per heavy atom. The van der Waals surface area contributed by atoms with Crippen LogP contribution in [-0.2, 0) is 5.92 Å². The zero-order valence-corrected chi connectivity index (χ0v) is 7.36. The minimum atomic E-state index is -2.79. The van der Waals surface area contributed by atoms with Crippen LogP contribution in [0.25, 0.3) is 0 Å². The third-order valence-electron chi connectivity index (χ3n) is 1.70. The van der Waals surface area contributed by atoms with Crippen molar-refractivity contribution in [2.24, 2.45) is 0 Å². The van der Waals surface area contributed by atoms with Crippen molar-refractivity contribution in [3.63, 3.8) is 0 Å². The molecule has 0 aliphatic rings. The van der Waals surface area contributed by atoms with Gasteiger partial charge in [-0.1, -0.05) is 0 Å². The summed E-state index contributed by atoms with van der Waals surface area (Å²) in [6.45, 7) is 4.23. The van der Waals surface area contributed by atoms with Gasteiger partial charge in [0.1, 0.15) is 0 Å². The first-order valence-corrected chi connectivity index (χ1v) is 3.73. The first-order chi connectivity index (χ1) is 5.41. The van der Waals surface area contributed by atoms with Gasteiger partial charge >= 0.3 is 0 Å². The van der Waals surface area contributed by atoms with E-state index in [1.54, 1.807) is 20.0 Å². The van der Waals surface area contributed by atoms with Gasteiger partial charge in [-0.05, 0) is 25.5 Å². The van der Waals surface area contributed by atoms with Crippen molar-refractivity contribution >= 4 is 0 Å². The Morgan fingerprint density at radius 1 is 1.33 bits per heavy atom. The van der Waals surface area contributed by atoms with Crippen LogP contribution in [0.1, 0.15) is 23.7 Å². The van der Waals surface area contributed by atoms with Crippen molar-refractivity contribution in [1.29, 1.82) is 0 Å². The van der Waals surface area contributed by atoms with E-state index in [-0.39, 0.29) is 5.56 Å². The van der Waals surface area contributed by atoms with E-state index in [9.17, 15) is 8.78 Å². The molecule has 12 heavy (non-hydrogen) atoms. The standard InChI is InChI=1S/C9H11F2N/c1-6-4-8(9(3,10)11)7(2)12-5-6/h4-5H,1-3H3. The lowest BCUT2D eigenvalue weighted by molar-refractivity contribution is 0.0163. The van der Waals surface area contributed by atoms with Crippen LogP contribution in [0.5, 0.6) is 0 Å². The number of nitrogens with zero attached hydrogens (tertiary/aromatic N) is 1. The Hall–Kier alpha value is -0.990. The SMILES string of the molecule is Cc1cnc(C)c(C(C)(F)F)c1.